The van der Waals surface area contributed by atoms with Gasteiger partial charge in [0.1, 0.15) is 12.4 Å². The fourth-order valence-electron chi connectivity index (χ4n) is 3.90. The molecule has 2 aromatic rings. The van der Waals surface area contributed by atoms with Crippen molar-refractivity contribution in [1.82, 2.24) is 4.90 Å². The lowest BCUT2D eigenvalue weighted by molar-refractivity contribution is -0.0402. The number of hydrogen-bond donors (Lipinski definition) is 0. The van der Waals surface area contributed by atoms with E-state index in [1.54, 1.807) is 0 Å². The molecule has 2 atom stereocenters. The van der Waals surface area contributed by atoms with Gasteiger partial charge in [-0.05, 0) is 35.3 Å². The lowest BCUT2D eigenvalue weighted by atomic mass is 9.89. The molecule has 4 rings (SSSR count). The Balaban J connectivity index is 1.48. The zero-order valence-electron chi connectivity index (χ0n) is 15.4. The van der Waals surface area contributed by atoms with Crippen LogP contribution in [0.5, 0.6) is 5.75 Å². The molecule has 1 fully saturated rings. The van der Waals surface area contributed by atoms with Gasteiger partial charge in [0.15, 0.2) is 0 Å². The summed E-state index contributed by atoms with van der Waals surface area (Å²) >= 11 is 0. The van der Waals surface area contributed by atoms with Gasteiger partial charge in [0.2, 0.25) is 0 Å². The molecular weight excluding hydrogens is 336 g/mol. The van der Waals surface area contributed by atoms with Gasteiger partial charge in [-0.15, -0.1) is 0 Å². The Morgan fingerprint density at radius 2 is 1.89 bits per heavy atom. The molecule has 0 aromatic heterocycles. The number of benzene rings is 2. The van der Waals surface area contributed by atoms with Crippen molar-refractivity contribution in [3.63, 3.8) is 0 Å². The minimum absolute atomic E-state index is 0.319. The maximum absolute atomic E-state index is 8.60. The minimum atomic E-state index is 0.319. The van der Waals surface area contributed by atoms with Crippen molar-refractivity contribution < 1.29 is 9.47 Å². The second-order valence-corrected chi connectivity index (χ2v) is 7.09. The molecular formula is C23H24N2O2. The predicted molar refractivity (Wildman–Crippen MR) is 105 cm³/mol. The van der Waals surface area contributed by atoms with Crippen LogP contribution >= 0.6 is 0 Å². The van der Waals surface area contributed by atoms with Gasteiger partial charge in [-0.1, -0.05) is 48.5 Å². The van der Waals surface area contributed by atoms with Gasteiger partial charge in [-0.2, -0.15) is 5.26 Å². The van der Waals surface area contributed by atoms with Crippen LogP contribution in [0.1, 0.15) is 24.0 Å². The van der Waals surface area contributed by atoms with Crippen molar-refractivity contribution >= 4 is 5.57 Å². The maximum Gasteiger partial charge on any atom is 0.119 e. The van der Waals surface area contributed by atoms with E-state index in [0.29, 0.717) is 25.1 Å². The summed E-state index contributed by atoms with van der Waals surface area (Å²) in [6.07, 6.45) is 3.77. The third kappa shape index (κ3) is 4.21. The smallest absolute Gasteiger partial charge is 0.119 e. The Hall–Kier alpha value is -2.61. The summed E-state index contributed by atoms with van der Waals surface area (Å²) in [7, 11) is 0. The summed E-state index contributed by atoms with van der Waals surface area (Å²) in [6, 6.07) is 21.7. The van der Waals surface area contributed by atoms with Gasteiger partial charge >= 0.3 is 0 Å². The highest BCUT2D eigenvalue weighted by Crippen LogP contribution is 2.34. The van der Waals surface area contributed by atoms with Gasteiger partial charge in [-0.25, -0.2) is 0 Å². The van der Waals surface area contributed by atoms with Gasteiger partial charge < -0.3 is 9.47 Å². The van der Waals surface area contributed by atoms with E-state index in [2.05, 4.69) is 59.5 Å². The number of fused-ring (bicyclic) bond motifs is 2. The first-order valence-corrected chi connectivity index (χ1v) is 9.52. The molecule has 0 radical (unpaired) electrons. The predicted octanol–water partition coefficient (Wildman–Crippen LogP) is 4.04. The van der Waals surface area contributed by atoms with Crippen molar-refractivity contribution in [1.29, 1.82) is 5.26 Å². The molecule has 0 saturated carbocycles. The molecule has 27 heavy (non-hydrogen) atoms. The van der Waals surface area contributed by atoms with E-state index in [4.69, 9.17) is 14.7 Å². The molecule has 2 aliphatic rings. The number of hydrogen-bond acceptors (Lipinski definition) is 4. The van der Waals surface area contributed by atoms with Crippen LogP contribution in [-0.4, -0.2) is 36.8 Å². The summed E-state index contributed by atoms with van der Waals surface area (Å²) < 4.78 is 11.4. The molecule has 0 N–H and O–H groups in total. The third-order valence-electron chi connectivity index (χ3n) is 5.26. The number of nitriles is 1. The molecule has 138 valence electrons. The van der Waals surface area contributed by atoms with Crippen LogP contribution in [0.3, 0.4) is 0 Å². The Kier molecular flexibility index (Phi) is 5.53. The first-order valence-electron chi connectivity index (χ1n) is 9.52. The lowest BCUT2D eigenvalue weighted by Crippen LogP contribution is -2.53. The van der Waals surface area contributed by atoms with Crippen LogP contribution in [0.25, 0.3) is 5.57 Å². The fourth-order valence-corrected chi connectivity index (χ4v) is 3.90. The SMILES string of the molecule is N#CCCOc1ccc(C2=CC3COCC(C2)N3Cc2ccccc2)cc1. The van der Waals surface area contributed by atoms with Crippen molar-refractivity contribution in [2.75, 3.05) is 19.8 Å². The number of morpholine rings is 1. The molecule has 2 aromatic carbocycles. The molecule has 0 spiro atoms. The molecule has 2 bridgehead atoms. The normalized spacial score (nSPS) is 22.0. The Labute approximate surface area is 160 Å². The lowest BCUT2D eigenvalue weighted by Gasteiger charge is -2.44. The monoisotopic (exact) mass is 360 g/mol. The Morgan fingerprint density at radius 3 is 2.63 bits per heavy atom. The largest absolute Gasteiger partial charge is 0.493 e. The van der Waals surface area contributed by atoms with Crippen molar-refractivity contribution in [3.8, 4) is 11.8 Å². The van der Waals surface area contributed by atoms with E-state index < -0.39 is 0 Å². The standard InChI is InChI=1S/C23H24N2O2/c24-11-4-12-27-23-9-7-19(8-10-23)20-13-21-16-26-17-22(14-20)25(21)15-18-5-2-1-3-6-18/h1-3,5-10,13,21-22H,4,12,14-17H2. The minimum Gasteiger partial charge on any atom is -0.493 e. The zero-order valence-corrected chi connectivity index (χ0v) is 15.4. The highest BCUT2D eigenvalue weighted by molar-refractivity contribution is 5.68. The highest BCUT2D eigenvalue weighted by Gasteiger charge is 2.34. The fraction of sp³-hybridized carbons (Fsp3) is 0.348. The second-order valence-electron chi connectivity index (χ2n) is 7.09. The van der Waals surface area contributed by atoms with Gasteiger partial charge in [0.05, 0.1) is 31.7 Å². The van der Waals surface area contributed by atoms with Crippen molar-refractivity contribution in [2.45, 2.75) is 31.5 Å². The average molecular weight is 360 g/mol. The second kappa shape index (κ2) is 8.39. The molecule has 4 heteroatoms. The van der Waals surface area contributed by atoms with E-state index in [1.165, 1.54) is 16.7 Å². The first kappa shape index (κ1) is 17.8. The molecule has 1 saturated heterocycles. The quantitative estimate of drug-likeness (QED) is 0.730. The van der Waals surface area contributed by atoms with Gasteiger partial charge in [-0.3, -0.25) is 4.90 Å². The topological polar surface area (TPSA) is 45.5 Å². The summed E-state index contributed by atoms with van der Waals surface area (Å²) in [5, 5.41) is 8.60. The van der Waals surface area contributed by atoms with Crippen LogP contribution in [0.2, 0.25) is 0 Å². The summed E-state index contributed by atoms with van der Waals surface area (Å²) in [4.78, 5) is 2.57. The molecule has 2 heterocycles. The molecule has 4 nitrogen and oxygen atoms in total. The van der Waals surface area contributed by atoms with E-state index in [1.807, 2.05) is 12.1 Å². The van der Waals surface area contributed by atoms with Crippen LogP contribution in [-0.2, 0) is 11.3 Å². The van der Waals surface area contributed by atoms with Crippen LogP contribution in [0.4, 0.5) is 0 Å². The zero-order chi connectivity index (χ0) is 18.5. The van der Waals surface area contributed by atoms with Crippen LogP contribution in [0.15, 0.2) is 60.7 Å². The van der Waals surface area contributed by atoms with E-state index in [0.717, 1.165) is 31.9 Å². The van der Waals surface area contributed by atoms with Crippen LogP contribution in [0, 0.1) is 11.3 Å². The van der Waals surface area contributed by atoms with Gasteiger partial charge in [0, 0.05) is 12.6 Å². The molecule has 2 unspecified atom stereocenters. The van der Waals surface area contributed by atoms with Crippen molar-refractivity contribution in [2.24, 2.45) is 0 Å². The third-order valence-corrected chi connectivity index (χ3v) is 5.26. The molecule has 0 amide bonds. The maximum atomic E-state index is 8.60. The van der Waals surface area contributed by atoms with E-state index in [-0.39, 0.29) is 0 Å². The summed E-state index contributed by atoms with van der Waals surface area (Å²) in [6.45, 7) is 2.95. The Morgan fingerprint density at radius 1 is 1.07 bits per heavy atom. The van der Waals surface area contributed by atoms with Gasteiger partial charge in [0.25, 0.3) is 0 Å². The molecule has 2 aliphatic heterocycles. The Bertz CT molecular complexity index is 824. The van der Waals surface area contributed by atoms with Crippen LogP contribution < -0.4 is 4.74 Å². The average Bonchev–Trinajstić information content (AvgIpc) is 2.69. The number of ether oxygens (including phenoxy) is 2. The van der Waals surface area contributed by atoms with E-state index >= 15 is 0 Å². The highest BCUT2D eigenvalue weighted by atomic mass is 16.5. The summed E-state index contributed by atoms with van der Waals surface area (Å²) in [5.74, 6) is 0.819. The van der Waals surface area contributed by atoms with E-state index in [9.17, 15) is 0 Å². The van der Waals surface area contributed by atoms with Crippen molar-refractivity contribution in [3.05, 3.63) is 71.8 Å². The molecule has 0 aliphatic carbocycles. The first-order chi connectivity index (χ1) is 13.3. The summed E-state index contributed by atoms with van der Waals surface area (Å²) in [5.41, 5.74) is 3.99. The number of rotatable bonds is 6. The number of nitrogens with zero attached hydrogens (tertiary/aromatic N) is 2.